The second kappa shape index (κ2) is 10.5. The molecule has 0 aromatic heterocycles. The van der Waals surface area contributed by atoms with Gasteiger partial charge in [-0.25, -0.2) is 9.59 Å². The molecule has 1 aliphatic carbocycles. The fourth-order valence-electron chi connectivity index (χ4n) is 4.34. The summed E-state index contributed by atoms with van der Waals surface area (Å²) in [5, 5.41) is 12.1. The summed E-state index contributed by atoms with van der Waals surface area (Å²) in [4.78, 5) is 38.6. The van der Waals surface area contributed by atoms with E-state index in [1.165, 1.54) is 16.7 Å². The van der Waals surface area contributed by atoms with Gasteiger partial charge in [0.05, 0.1) is 5.88 Å². The molecule has 0 radical (unpaired) electrons. The van der Waals surface area contributed by atoms with Crippen LogP contribution < -0.4 is 5.32 Å². The van der Waals surface area contributed by atoms with Crippen LogP contribution in [0.1, 0.15) is 23.5 Å². The van der Waals surface area contributed by atoms with Crippen molar-refractivity contribution in [3.05, 3.63) is 59.7 Å². The molecule has 2 amide bonds. The standard InChI is InChI=1S/C24H26N2O5S2/c1-32-11-10-20(22(27)26-14-33-13-21(26)23(28)29)25-24(30)31-12-19-17-8-4-2-6-15(17)16-7-3-5-9-18(16)19/h2-9,19-21H,10-14H2,1H3,(H,25,30)(H,28,29)/t20-,21?/m0/s1. The molecule has 1 saturated heterocycles. The van der Waals surface area contributed by atoms with Crippen molar-refractivity contribution in [2.75, 3.05) is 30.2 Å². The summed E-state index contributed by atoms with van der Waals surface area (Å²) in [6, 6.07) is 14.5. The highest BCUT2D eigenvalue weighted by Gasteiger charge is 2.38. The number of hydrogen-bond acceptors (Lipinski definition) is 6. The number of nitrogens with zero attached hydrogens (tertiary/aromatic N) is 1. The first-order chi connectivity index (χ1) is 16.0. The summed E-state index contributed by atoms with van der Waals surface area (Å²) in [7, 11) is 0. The monoisotopic (exact) mass is 486 g/mol. The van der Waals surface area contributed by atoms with Gasteiger partial charge in [-0.05, 0) is 40.7 Å². The molecule has 1 heterocycles. The number of hydrogen-bond donors (Lipinski definition) is 2. The Bertz CT molecular complexity index is 1000. The molecule has 33 heavy (non-hydrogen) atoms. The van der Waals surface area contributed by atoms with Crippen molar-refractivity contribution in [3.63, 3.8) is 0 Å². The van der Waals surface area contributed by atoms with Crippen LogP contribution in [0.5, 0.6) is 0 Å². The molecular weight excluding hydrogens is 460 g/mol. The number of carbonyl (C=O) groups excluding carboxylic acids is 2. The minimum Gasteiger partial charge on any atom is -0.480 e. The highest BCUT2D eigenvalue weighted by atomic mass is 32.2. The van der Waals surface area contributed by atoms with Crippen molar-refractivity contribution in [1.29, 1.82) is 0 Å². The van der Waals surface area contributed by atoms with Gasteiger partial charge in [0.15, 0.2) is 0 Å². The lowest BCUT2D eigenvalue weighted by atomic mass is 9.98. The molecule has 174 valence electrons. The molecule has 0 saturated carbocycles. The number of rotatable bonds is 8. The average molecular weight is 487 g/mol. The van der Waals surface area contributed by atoms with E-state index in [4.69, 9.17) is 4.74 Å². The molecule has 2 N–H and O–H groups in total. The van der Waals surface area contributed by atoms with Gasteiger partial charge >= 0.3 is 12.1 Å². The number of nitrogens with one attached hydrogen (secondary N) is 1. The Morgan fingerprint density at radius 1 is 1.15 bits per heavy atom. The average Bonchev–Trinajstić information content (AvgIpc) is 3.43. The van der Waals surface area contributed by atoms with Crippen molar-refractivity contribution >= 4 is 41.5 Å². The Morgan fingerprint density at radius 3 is 2.39 bits per heavy atom. The molecule has 0 spiro atoms. The molecule has 1 aliphatic heterocycles. The molecule has 1 unspecified atom stereocenters. The topological polar surface area (TPSA) is 95.9 Å². The van der Waals surface area contributed by atoms with Crippen molar-refractivity contribution in [1.82, 2.24) is 10.2 Å². The maximum Gasteiger partial charge on any atom is 0.407 e. The third kappa shape index (κ3) is 4.99. The number of alkyl carbamates (subject to hydrolysis) is 1. The summed E-state index contributed by atoms with van der Waals surface area (Å²) in [5.41, 5.74) is 4.50. The SMILES string of the molecule is CSCC[C@H](NC(=O)OCC1c2ccccc2-c2ccccc21)C(=O)N1CSCC1C(=O)O. The van der Waals surface area contributed by atoms with Gasteiger partial charge in [0.25, 0.3) is 0 Å². The number of ether oxygens (including phenoxy) is 1. The number of amides is 2. The van der Waals surface area contributed by atoms with E-state index < -0.39 is 24.1 Å². The Labute approximate surface area is 201 Å². The van der Waals surface area contributed by atoms with Crippen LogP contribution in [0.15, 0.2) is 48.5 Å². The van der Waals surface area contributed by atoms with Gasteiger partial charge in [-0.15, -0.1) is 11.8 Å². The lowest BCUT2D eigenvalue weighted by molar-refractivity contribution is -0.148. The smallest absolute Gasteiger partial charge is 0.407 e. The number of thioether (sulfide) groups is 2. The van der Waals surface area contributed by atoms with Crippen molar-refractivity contribution < 1.29 is 24.2 Å². The Morgan fingerprint density at radius 2 is 1.79 bits per heavy atom. The van der Waals surface area contributed by atoms with Gasteiger partial charge in [-0.1, -0.05) is 48.5 Å². The van der Waals surface area contributed by atoms with Crippen LogP contribution in [0.4, 0.5) is 4.79 Å². The highest BCUT2D eigenvalue weighted by molar-refractivity contribution is 7.99. The quantitative estimate of drug-likeness (QED) is 0.588. The third-order valence-electron chi connectivity index (χ3n) is 5.99. The van der Waals surface area contributed by atoms with Gasteiger partial charge in [0.2, 0.25) is 5.91 Å². The zero-order valence-corrected chi connectivity index (χ0v) is 19.9. The molecule has 2 atom stereocenters. The van der Waals surface area contributed by atoms with Gasteiger partial charge in [0.1, 0.15) is 18.7 Å². The largest absolute Gasteiger partial charge is 0.480 e. The molecular formula is C24H26N2O5S2. The number of carboxylic acid groups (broad SMARTS) is 1. The second-order valence-electron chi connectivity index (χ2n) is 7.97. The summed E-state index contributed by atoms with van der Waals surface area (Å²) < 4.78 is 5.59. The number of fused-ring (bicyclic) bond motifs is 3. The van der Waals surface area contributed by atoms with Crippen LogP contribution in [-0.4, -0.2) is 70.3 Å². The molecule has 2 aromatic rings. The lowest BCUT2D eigenvalue weighted by Crippen LogP contribution is -2.52. The van der Waals surface area contributed by atoms with E-state index in [9.17, 15) is 19.5 Å². The van der Waals surface area contributed by atoms with E-state index in [1.807, 2.05) is 42.7 Å². The minimum absolute atomic E-state index is 0.0742. The highest BCUT2D eigenvalue weighted by Crippen LogP contribution is 2.44. The van der Waals surface area contributed by atoms with Crippen LogP contribution in [0.2, 0.25) is 0 Å². The fourth-order valence-corrected chi connectivity index (χ4v) is 5.97. The van der Waals surface area contributed by atoms with Crippen LogP contribution in [0, 0.1) is 0 Å². The lowest BCUT2D eigenvalue weighted by Gasteiger charge is -2.26. The predicted octanol–water partition coefficient (Wildman–Crippen LogP) is 3.63. The van der Waals surface area contributed by atoms with E-state index in [2.05, 4.69) is 17.4 Å². The maximum absolute atomic E-state index is 13.1. The first kappa shape index (κ1) is 23.5. The fraction of sp³-hybridized carbons (Fsp3) is 0.375. The first-order valence-electron chi connectivity index (χ1n) is 10.7. The Balaban J connectivity index is 1.43. The Kier molecular flexibility index (Phi) is 7.49. The van der Waals surface area contributed by atoms with Crippen molar-refractivity contribution in [2.45, 2.75) is 24.4 Å². The van der Waals surface area contributed by atoms with Gasteiger partial charge in [-0.2, -0.15) is 11.8 Å². The van der Waals surface area contributed by atoms with E-state index in [-0.39, 0.29) is 18.4 Å². The molecule has 4 rings (SSSR count). The van der Waals surface area contributed by atoms with E-state index in [0.29, 0.717) is 23.8 Å². The molecule has 2 aliphatic rings. The molecule has 2 aromatic carbocycles. The summed E-state index contributed by atoms with van der Waals surface area (Å²) in [5.74, 6) is -0.180. The third-order valence-corrected chi connectivity index (χ3v) is 7.65. The van der Waals surface area contributed by atoms with E-state index in [1.54, 1.807) is 11.8 Å². The van der Waals surface area contributed by atoms with Crippen molar-refractivity contribution in [3.8, 4) is 11.1 Å². The number of carbonyl (C=O) groups is 3. The summed E-state index contributed by atoms with van der Waals surface area (Å²) in [6.07, 6.45) is 1.65. The predicted molar refractivity (Wildman–Crippen MR) is 131 cm³/mol. The number of aliphatic carboxylic acids is 1. The molecule has 7 nitrogen and oxygen atoms in total. The van der Waals surface area contributed by atoms with Crippen LogP contribution >= 0.6 is 23.5 Å². The zero-order valence-electron chi connectivity index (χ0n) is 18.2. The number of carboxylic acids is 1. The second-order valence-corrected chi connectivity index (χ2v) is 9.95. The summed E-state index contributed by atoms with van der Waals surface area (Å²) in [6.45, 7) is 0.153. The minimum atomic E-state index is -1.03. The van der Waals surface area contributed by atoms with Gasteiger partial charge in [-0.3, -0.25) is 4.79 Å². The zero-order chi connectivity index (χ0) is 23.4. The normalized spacial score (nSPS) is 17.8. The van der Waals surface area contributed by atoms with Gasteiger partial charge in [0, 0.05) is 11.7 Å². The molecule has 1 fully saturated rings. The van der Waals surface area contributed by atoms with Crippen LogP contribution in [0.3, 0.4) is 0 Å². The Hall–Kier alpha value is -2.65. The van der Waals surface area contributed by atoms with Gasteiger partial charge < -0.3 is 20.1 Å². The first-order valence-corrected chi connectivity index (χ1v) is 13.3. The van der Waals surface area contributed by atoms with Crippen molar-refractivity contribution in [2.24, 2.45) is 0 Å². The molecule has 9 heteroatoms. The molecule has 0 bridgehead atoms. The van der Waals surface area contributed by atoms with Crippen LogP contribution in [0.25, 0.3) is 11.1 Å². The van der Waals surface area contributed by atoms with Crippen LogP contribution in [-0.2, 0) is 14.3 Å². The van der Waals surface area contributed by atoms with E-state index >= 15 is 0 Å². The maximum atomic E-state index is 13.1. The van der Waals surface area contributed by atoms with E-state index in [0.717, 1.165) is 22.3 Å². The summed E-state index contributed by atoms with van der Waals surface area (Å²) >= 11 is 2.95. The number of benzene rings is 2.